The van der Waals surface area contributed by atoms with Crippen LogP contribution < -0.4 is 17.2 Å². The largest absolute Gasteiger partial charge is 0.370 e. The van der Waals surface area contributed by atoms with Crippen molar-refractivity contribution in [3.05, 3.63) is 28.8 Å². The minimum Gasteiger partial charge on any atom is -0.370 e. The van der Waals surface area contributed by atoms with Crippen LogP contribution in [0.1, 0.15) is 5.56 Å². The van der Waals surface area contributed by atoms with Gasteiger partial charge in [0.2, 0.25) is 5.96 Å². The van der Waals surface area contributed by atoms with Crippen LogP contribution in [0.25, 0.3) is 0 Å². The van der Waals surface area contributed by atoms with Crippen molar-refractivity contribution in [3.8, 4) is 6.07 Å². The van der Waals surface area contributed by atoms with Gasteiger partial charge in [-0.3, -0.25) is 0 Å². The van der Waals surface area contributed by atoms with Gasteiger partial charge in [-0.25, -0.2) is 4.99 Å². The quantitative estimate of drug-likeness (QED) is 0.517. The van der Waals surface area contributed by atoms with Crippen LogP contribution in [0.15, 0.2) is 28.2 Å². The molecule has 0 aliphatic carbocycles. The number of hydrogen-bond donors (Lipinski definition) is 3. The van der Waals surface area contributed by atoms with Gasteiger partial charge in [0.05, 0.1) is 16.3 Å². The Morgan fingerprint density at radius 2 is 1.94 bits per heavy atom. The van der Waals surface area contributed by atoms with Crippen molar-refractivity contribution in [3.63, 3.8) is 0 Å². The molecule has 1 aromatic rings. The summed E-state index contributed by atoms with van der Waals surface area (Å²) in [5.74, 6) is -0.262. The zero-order valence-electron chi connectivity index (χ0n) is 8.59. The average molecular weight is 273 g/mol. The van der Waals surface area contributed by atoms with Crippen molar-refractivity contribution in [2.24, 2.45) is 27.2 Å². The molecule has 0 aliphatic heterocycles. The molecule has 0 spiro atoms. The summed E-state index contributed by atoms with van der Waals surface area (Å²) < 4.78 is 0. The van der Waals surface area contributed by atoms with E-state index >= 15 is 0 Å². The molecule has 0 aliphatic rings. The van der Waals surface area contributed by atoms with E-state index in [1.807, 2.05) is 6.07 Å². The van der Waals surface area contributed by atoms with E-state index in [9.17, 15) is 0 Å². The summed E-state index contributed by atoms with van der Waals surface area (Å²) in [6, 6.07) is 6.54. The molecule has 6 nitrogen and oxygen atoms in total. The SMILES string of the molecule is Cl.N#Cc1ccc(N=C(N)N=C(N)N)cc1Cl. The first kappa shape index (κ1) is 15.0. The van der Waals surface area contributed by atoms with E-state index in [-0.39, 0.29) is 24.3 Å². The Balaban J connectivity index is 0.00000256. The van der Waals surface area contributed by atoms with E-state index in [0.717, 1.165) is 0 Å². The lowest BCUT2D eigenvalue weighted by atomic mass is 10.2. The molecule has 0 heterocycles. The summed E-state index contributed by atoms with van der Waals surface area (Å²) in [6.45, 7) is 0. The predicted molar refractivity (Wildman–Crippen MR) is 70.5 cm³/mol. The highest BCUT2D eigenvalue weighted by Crippen LogP contribution is 2.22. The molecule has 90 valence electrons. The summed E-state index contributed by atoms with van der Waals surface area (Å²) in [5, 5.41) is 8.95. The number of nitriles is 1. The third kappa shape index (κ3) is 4.59. The highest BCUT2D eigenvalue weighted by Gasteiger charge is 2.00. The monoisotopic (exact) mass is 272 g/mol. The van der Waals surface area contributed by atoms with Crippen LogP contribution in [0.4, 0.5) is 5.69 Å². The lowest BCUT2D eigenvalue weighted by Gasteiger charge is -1.98. The highest BCUT2D eigenvalue weighted by atomic mass is 35.5. The summed E-state index contributed by atoms with van der Waals surface area (Å²) in [6.07, 6.45) is 0. The van der Waals surface area contributed by atoms with Crippen LogP contribution in [-0.2, 0) is 0 Å². The Morgan fingerprint density at radius 1 is 1.29 bits per heavy atom. The lowest BCUT2D eigenvalue weighted by Crippen LogP contribution is -2.26. The molecule has 0 amide bonds. The van der Waals surface area contributed by atoms with E-state index in [0.29, 0.717) is 16.3 Å². The van der Waals surface area contributed by atoms with Crippen LogP contribution in [0.5, 0.6) is 0 Å². The Kier molecular flexibility index (Phi) is 5.82. The van der Waals surface area contributed by atoms with Gasteiger partial charge in [0, 0.05) is 0 Å². The van der Waals surface area contributed by atoms with Gasteiger partial charge in [0.25, 0.3) is 0 Å². The van der Waals surface area contributed by atoms with Gasteiger partial charge in [-0.05, 0) is 18.2 Å². The Hall–Kier alpha value is -1.97. The van der Waals surface area contributed by atoms with Gasteiger partial charge in [0.1, 0.15) is 6.07 Å². The Bertz CT molecular complexity index is 499. The standard InChI is InChI=1S/C9H9ClN6.ClH/c10-7-3-6(2-1-5(7)4-11)15-9(14)16-8(12)13;/h1-3H,(H6,12,13,14,15,16);1H. The fourth-order valence-corrected chi connectivity index (χ4v) is 1.17. The maximum Gasteiger partial charge on any atom is 0.223 e. The molecular formula is C9H10Cl2N6. The van der Waals surface area contributed by atoms with Gasteiger partial charge in [-0.2, -0.15) is 10.3 Å². The number of nitrogens with zero attached hydrogens (tertiary/aromatic N) is 3. The molecule has 6 N–H and O–H groups in total. The number of halogens is 2. The zero-order valence-corrected chi connectivity index (χ0v) is 10.2. The third-order valence-electron chi connectivity index (χ3n) is 1.56. The first-order chi connectivity index (χ1) is 7.52. The van der Waals surface area contributed by atoms with Gasteiger partial charge in [-0.1, -0.05) is 11.6 Å². The van der Waals surface area contributed by atoms with Gasteiger partial charge < -0.3 is 17.2 Å². The number of hydrogen-bond acceptors (Lipinski definition) is 2. The van der Waals surface area contributed by atoms with Gasteiger partial charge in [-0.15, -0.1) is 12.4 Å². The minimum absolute atomic E-state index is 0. The number of nitrogens with two attached hydrogens (primary N) is 3. The molecule has 0 radical (unpaired) electrons. The Labute approximate surface area is 109 Å². The summed E-state index contributed by atoms with van der Waals surface area (Å²) in [5.41, 5.74) is 16.5. The van der Waals surface area contributed by atoms with Crippen molar-refractivity contribution in [2.75, 3.05) is 0 Å². The van der Waals surface area contributed by atoms with Gasteiger partial charge >= 0.3 is 0 Å². The summed E-state index contributed by atoms with van der Waals surface area (Å²) in [7, 11) is 0. The maximum atomic E-state index is 8.66. The fraction of sp³-hybridized carbons (Fsp3) is 0. The molecule has 0 bridgehead atoms. The second kappa shape index (κ2) is 6.58. The van der Waals surface area contributed by atoms with E-state index in [1.54, 1.807) is 6.07 Å². The molecule has 0 unspecified atom stereocenters. The van der Waals surface area contributed by atoms with E-state index in [2.05, 4.69) is 9.98 Å². The van der Waals surface area contributed by atoms with Crippen LogP contribution in [0.3, 0.4) is 0 Å². The number of guanidine groups is 2. The molecule has 1 rings (SSSR count). The molecule has 0 saturated carbocycles. The first-order valence-electron chi connectivity index (χ1n) is 4.16. The second-order valence-electron chi connectivity index (χ2n) is 2.78. The van der Waals surface area contributed by atoms with Crippen molar-refractivity contribution in [1.82, 2.24) is 0 Å². The van der Waals surface area contributed by atoms with Crippen molar-refractivity contribution < 1.29 is 0 Å². The molecular weight excluding hydrogens is 263 g/mol. The highest BCUT2D eigenvalue weighted by molar-refractivity contribution is 6.32. The van der Waals surface area contributed by atoms with Crippen molar-refractivity contribution in [2.45, 2.75) is 0 Å². The smallest absolute Gasteiger partial charge is 0.223 e. The zero-order chi connectivity index (χ0) is 12.1. The normalized spacial score (nSPS) is 10.0. The Morgan fingerprint density at radius 3 is 2.41 bits per heavy atom. The van der Waals surface area contributed by atoms with E-state index < -0.39 is 0 Å². The second-order valence-corrected chi connectivity index (χ2v) is 3.19. The fourth-order valence-electron chi connectivity index (χ4n) is 0.954. The average Bonchev–Trinajstić information content (AvgIpc) is 2.16. The van der Waals surface area contributed by atoms with E-state index in [4.69, 9.17) is 34.1 Å². The van der Waals surface area contributed by atoms with Crippen LogP contribution in [0.2, 0.25) is 5.02 Å². The molecule has 8 heteroatoms. The molecule has 0 saturated heterocycles. The van der Waals surface area contributed by atoms with Crippen LogP contribution in [0, 0.1) is 11.3 Å². The van der Waals surface area contributed by atoms with Gasteiger partial charge in [0.15, 0.2) is 5.96 Å². The van der Waals surface area contributed by atoms with E-state index in [1.165, 1.54) is 12.1 Å². The summed E-state index contributed by atoms with van der Waals surface area (Å²) in [4.78, 5) is 7.43. The maximum absolute atomic E-state index is 8.66. The molecule has 1 aromatic carbocycles. The van der Waals surface area contributed by atoms with Crippen LogP contribution >= 0.6 is 24.0 Å². The predicted octanol–water partition coefficient (Wildman–Crippen LogP) is 0.853. The first-order valence-corrected chi connectivity index (χ1v) is 4.54. The number of aliphatic imine (C=N–C) groups is 2. The summed E-state index contributed by atoms with van der Waals surface area (Å²) >= 11 is 5.80. The number of rotatable bonds is 1. The molecule has 0 aromatic heterocycles. The number of benzene rings is 1. The topological polar surface area (TPSA) is 127 Å². The van der Waals surface area contributed by atoms with Crippen LogP contribution in [-0.4, -0.2) is 11.9 Å². The lowest BCUT2D eigenvalue weighted by molar-refractivity contribution is 1.38. The van der Waals surface area contributed by atoms with Crippen molar-refractivity contribution in [1.29, 1.82) is 5.26 Å². The van der Waals surface area contributed by atoms with Crippen molar-refractivity contribution >= 4 is 41.6 Å². The third-order valence-corrected chi connectivity index (χ3v) is 1.87. The molecule has 17 heavy (non-hydrogen) atoms. The molecule has 0 atom stereocenters. The minimum atomic E-state index is -0.180. The molecule has 0 fully saturated rings.